The molecule has 2 N–H and O–H groups in total. The van der Waals surface area contributed by atoms with Crippen LogP contribution in [0.2, 0.25) is 4.34 Å². The molecule has 1 heterocycles. The van der Waals surface area contributed by atoms with E-state index in [1.165, 1.54) is 11.3 Å². The molecule has 0 saturated heterocycles. The minimum Gasteiger partial charge on any atom is -0.507 e. The van der Waals surface area contributed by atoms with Crippen LogP contribution in [0.3, 0.4) is 0 Å². The first-order chi connectivity index (χ1) is 12.7. The highest BCUT2D eigenvalue weighted by Crippen LogP contribution is 2.33. The van der Waals surface area contributed by atoms with Gasteiger partial charge in [0, 0.05) is 0 Å². The number of carbonyl (C=O) groups excluding carboxylic acids is 1. The molecule has 0 radical (unpaired) electrons. The van der Waals surface area contributed by atoms with Crippen molar-refractivity contribution in [3.05, 3.63) is 50.2 Å². The van der Waals surface area contributed by atoms with Crippen LogP contribution >= 0.6 is 22.9 Å². The summed E-state index contributed by atoms with van der Waals surface area (Å²) in [5.74, 6) is -0.0174. The zero-order valence-corrected chi connectivity index (χ0v) is 18.0. The second-order valence-electron chi connectivity index (χ2n) is 7.17. The number of rotatable bonds is 7. The molecule has 2 aromatic rings. The Hall–Kier alpha value is -1.85. The smallest absolute Gasteiger partial charge is 0.275 e. The molecule has 146 valence electrons. The SMILES string of the molecule is CCC/C(=N\NC(=O)c1cc(C(C)C)cc(C(C)C)c1O)c1ccc(Cl)s1. The maximum atomic E-state index is 12.8. The standard InChI is InChI=1S/C21H27ClN2O2S/c1-6-7-17(18-8-9-19(22)27-18)23-24-21(26)16-11-14(12(2)3)10-15(13(4)5)20(16)25/h8-13,25H,6-7H2,1-5H3,(H,24,26)/b23-17+. The van der Waals surface area contributed by atoms with Crippen molar-refractivity contribution >= 4 is 34.6 Å². The van der Waals surface area contributed by atoms with Crippen molar-refractivity contribution in [1.82, 2.24) is 5.43 Å². The van der Waals surface area contributed by atoms with E-state index in [1.807, 2.05) is 32.0 Å². The molecule has 0 atom stereocenters. The molecule has 0 saturated carbocycles. The number of phenols is 1. The van der Waals surface area contributed by atoms with Gasteiger partial charge in [0.1, 0.15) is 5.75 Å². The van der Waals surface area contributed by atoms with Gasteiger partial charge in [0.25, 0.3) is 5.91 Å². The number of phenolic OH excluding ortho intramolecular Hbond substituents is 1. The van der Waals surface area contributed by atoms with Crippen molar-refractivity contribution < 1.29 is 9.90 Å². The minimum absolute atomic E-state index is 0.0262. The fourth-order valence-electron chi connectivity index (χ4n) is 2.75. The van der Waals surface area contributed by atoms with Crippen LogP contribution in [0.25, 0.3) is 0 Å². The molecule has 0 fully saturated rings. The summed E-state index contributed by atoms with van der Waals surface area (Å²) in [6, 6.07) is 7.45. The normalized spacial score (nSPS) is 12.1. The van der Waals surface area contributed by atoms with E-state index in [0.717, 1.165) is 34.6 Å². The number of amides is 1. The molecular weight excluding hydrogens is 380 g/mol. The third-order valence-electron chi connectivity index (χ3n) is 4.33. The molecule has 27 heavy (non-hydrogen) atoms. The zero-order valence-electron chi connectivity index (χ0n) is 16.5. The molecule has 0 spiro atoms. The Labute approximate surface area is 170 Å². The molecule has 4 nitrogen and oxygen atoms in total. The van der Waals surface area contributed by atoms with Crippen molar-refractivity contribution in [1.29, 1.82) is 0 Å². The van der Waals surface area contributed by atoms with E-state index < -0.39 is 5.91 Å². The van der Waals surface area contributed by atoms with Crippen LogP contribution in [-0.2, 0) is 0 Å². The Morgan fingerprint density at radius 2 is 1.93 bits per heavy atom. The summed E-state index contributed by atoms with van der Waals surface area (Å²) in [6.45, 7) is 10.2. The second-order valence-corrected chi connectivity index (χ2v) is 8.88. The molecule has 0 bridgehead atoms. The van der Waals surface area contributed by atoms with E-state index in [4.69, 9.17) is 11.6 Å². The number of halogens is 1. The molecule has 1 amide bonds. The van der Waals surface area contributed by atoms with Crippen LogP contribution in [0.4, 0.5) is 0 Å². The van der Waals surface area contributed by atoms with E-state index in [1.54, 1.807) is 6.07 Å². The van der Waals surface area contributed by atoms with Crippen LogP contribution in [-0.4, -0.2) is 16.7 Å². The Morgan fingerprint density at radius 3 is 2.44 bits per heavy atom. The van der Waals surface area contributed by atoms with Crippen LogP contribution in [0.5, 0.6) is 5.75 Å². The second kappa shape index (κ2) is 9.38. The fourth-order valence-corrected chi connectivity index (χ4v) is 3.81. The van der Waals surface area contributed by atoms with Gasteiger partial charge in [-0.25, -0.2) is 5.43 Å². The third kappa shape index (κ3) is 5.33. The topological polar surface area (TPSA) is 61.7 Å². The van der Waals surface area contributed by atoms with Crippen molar-refractivity contribution in [3.8, 4) is 5.75 Å². The van der Waals surface area contributed by atoms with Gasteiger partial charge in [0.05, 0.1) is 20.5 Å². The van der Waals surface area contributed by atoms with E-state index in [-0.39, 0.29) is 23.1 Å². The Kier molecular flexibility index (Phi) is 7.45. The molecule has 0 aliphatic rings. The monoisotopic (exact) mass is 406 g/mol. The van der Waals surface area contributed by atoms with Gasteiger partial charge < -0.3 is 5.11 Å². The van der Waals surface area contributed by atoms with Gasteiger partial charge in [0.2, 0.25) is 0 Å². The van der Waals surface area contributed by atoms with E-state index in [9.17, 15) is 9.90 Å². The maximum Gasteiger partial charge on any atom is 0.275 e. The number of benzene rings is 1. The molecule has 0 aliphatic carbocycles. The molecular formula is C21H27ClN2O2S. The van der Waals surface area contributed by atoms with E-state index >= 15 is 0 Å². The fraction of sp³-hybridized carbons (Fsp3) is 0.429. The van der Waals surface area contributed by atoms with Crippen LogP contribution < -0.4 is 5.43 Å². The van der Waals surface area contributed by atoms with E-state index in [0.29, 0.717) is 4.34 Å². The van der Waals surface area contributed by atoms with Gasteiger partial charge in [-0.1, -0.05) is 58.7 Å². The van der Waals surface area contributed by atoms with Gasteiger partial charge in [-0.05, 0) is 47.6 Å². The van der Waals surface area contributed by atoms with Crippen LogP contribution in [0.15, 0.2) is 29.4 Å². The summed E-state index contributed by atoms with van der Waals surface area (Å²) in [7, 11) is 0. The van der Waals surface area contributed by atoms with Gasteiger partial charge >= 0.3 is 0 Å². The third-order valence-corrected chi connectivity index (χ3v) is 5.61. The maximum absolute atomic E-state index is 12.8. The van der Waals surface area contributed by atoms with Crippen molar-refractivity contribution in [3.63, 3.8) is 0 Å². The largest absolute Gasteiger partial charge is 0.507 e. The Bertz CT molecular complexity index is 841. The molecule has 0 unspecified atom stereocenters. The minimum atomic E-state index is -0.409. The van der Waals surface area contributed by atoms with E-state index in [2.05, 4.69) is 31.3 Å². The zero-order chi connectivity index (χ0) is 20.1. The molecule has 0 aliphatic heterocycles. The predicted octanol–water partition coefficient (Wildman–Crippen LogP) is 6.29. The highest BCUT2D eigenvalue weighted by Gasteiger charge is 2.19. The summed E-state index contributed by atoms with van der Waals surface area (Å²) < 4.78 is 0.684. The highest BCUT2D eigenvalue weighted by molar-refractivity contribution is 7.18. The molecule has 1 aromatic heterocycles. The number of nitrogens with zero attached hydrogens (tertiary/aromatic N) is 1. The average molecular weight is 407 g/mol. The number of nitrogens with one attached hydrogen (secondary N) is 1. The summed E-state index contributed by atoms with van der Waals surface area (Å²) in [5, 5.41) is 14.9. The Morgan fingerprint density at radius 1 is 1.22 bits per heavy atom. The predicted molar refractivity (Wildman–Crippen MR) is 115 cm³/mol. The number of hydrogen-bond donors (Lipinski definition) is 2. The summed E-state index contributed by atoms with van der Waals surface area (Å²) in [4.78, 5) is 13.7. The molecule has 2 rings (SSSR count). The molecule has 6 heteroatoms. The summed E-state index contributed by atoms with van der Waals surface area (Å²) >= 11 is 7.45. The lowest BCUT2D eigenvalue weighted by atomic mass is 9.92. The first kappa shape index (κ1) is 21.5. The highest BCUT2D eigenvalue weighted by atomic mass is 35.5. The van der Waals surface area contributed by atoms with Gasteiger partial charge in [0.15, 0.2) is 0 Å². The van der Waals surface area contributed by atoms with Crippen molar-refractivity contribution in [2.75, 3.05) is 0 Å². The first-order valence-corrected chi connectivity index (χ1v) is 10.4. The summed E-state index contributed by atoms with van der Waals surface area (Å²) in [5.41, 5.74) is 5.45. The summed E-state index contributed by atoms with van der Waals surface area (Å²) in [6.07, 6.45) is 1.63. The first-order valence-electron chi connectivity index (χ1n) is 9.23. The van der Waals surface area contributed by atoms with Crippen molar-refractivity contribution in [2.24, 2.45) is 5.10 Å². The number of thiophene rings is 1. The lowest BCUT2D eigenvalue weighted by Crippen LogP contribution is -2.21. The lowest BCUT2D eigenvalue weighted by Gasteiger charge is -2.16. The number of carbonyl (C=O) groups is 1. The van der Waals surface area contributed by atoms with Gasteiger partial charge in [-0.3, -0.25) is 4.79 Å². The molecule has 1 aromatic carbocycles. The quantitative estimate of drug-likeness (QED) is 0.419. The number of aromatic hydroxyl groups is 1. The average Bonchev–Trinajstić information content (AvgIpc) is 3.04. The number of hydrogen-bond acceptors (Lipinski definition) is 4. The van der Waals surface area contributed by atoms with Crippen molar-refractivity contribution in [2.45, 2.75) is 59.3 Å². The Balaban J connectivity index is 2.36. The lowest BCUT2D eigenvalue weighted by molar-refractivity contribution is 0.0952. The van der Waals surface area contributed by atoms with Crippen LogP contribution in [0.1, 0.15) is 85.7 Å². The van der Waals surface area contributed by atoms with Gasteiger partial charge in [-0.15, -0.1) is 11.3 Å². The number of hydrazone groups is 1. The van der Waals surface area contributed by atoms with Crippen LogP contribution in [0, 0.1) is 0 Å². The van der Waals surface area contributed by atoms with Gasteiger partial charge in [-0.2, -0.15) is 5.10 Å².